The lowest BCUT2D eigenvalue weighted by atomic mass is 10.1. The van der Waals surface area contributed by atoms with Crippen molar-refractivity contribution in [3.8, 4) is 5.75 Å². The van der Waals surface area contributed by atoms with Crippen LogP contribution in [0.5, 0.6) is 5.75 Å². The first-order valence-electron chi connectivity index (χ1n) is 9.40. The second-order valence-corrected chi connectivity index (χ2v) is 6.98. The quantitative estimate of drug-likeness (QED) is 0.389. The minimum absolute atomic E-state index is 0.0782. The van der Waals surface area contributed by atoms with Crippen molar-refractivity contribution >= 4 is 38.5 Å². The number of rotatable bonds is 3. The largest absolute Gasteiger partial charge is 0.481 e. The smallest absolute Gasteiger partial charge is 0.272 e. The highest BCUT2D eigenvalue weighted by Gasteiger charge is 2.22. The molecule has 5 rings (SSSR count). The van der Waals surface area contributed by atoms with Crippen molar-refractivity contribution < 1.29 is 9.53 Å². The van der Waals surface area contributed by atoms with Gasteiger partial charge in [0.15, 0.2) is 6.10 Å². The van der Waals surface area contributed by atoms with Crippen LogP contribution in [0, 0.1) is 0 Å². The van der Waals surface area contributed by atoms with Gasteiger partial charge in [-0.15, -0.1) is 0 Å². The lowest BCUT2D eigenvalue weighted by molar-refractivity contribution is 0.0739. The Bertz CT molecular complexity index is 1280. The SMILES string of the molecule is CC(Oc1ccc2ccccc2c1)C(=O)n1c2ccccc2c2ccccc21. The van der Waals surface area contributed by atoms with Crippen molar-refractivity contribution in [1.29, 1.82) is 0 Å². The van der Waals surface area contributed by atoms with E-state index < -0.39 is 6.10 Å². The van der Waals surface area contributed by atoms with Crippen molar-refractivity contribution in [2.24, 2.45) is 0 Å². The summed E-state index contributed by atoms with van der Waals surface area (Å²) in [4.78, 5) is 13.3. The molecule has 0 N–H and O–H groups in total. The van der Waals surface area contributed by atoms with Crippen LogP contribution >= 0.6 is 0 Å². The van der Waals surface area contributed by atoms with E-state index in [1.54, 1.807) is 11.5 Å². The average molecular weight is 365 g/mol. The fourth-order valence-corrected chi connectivity index (χ4v) is 3.84. The van der Waals surface area contributed by atoms with Gasteiger partial charge in [-0.3, -0.25) is 9.36 Å². The van der Waals surface area contributed by atoms with Gasteiger partial charge in [-0.25, -0.2) is 0 Å². The third-order valence-electron chi connectivity index (χ3n) is 5.18. The van der Waals surface area contributed by atoms with E-state index in [2.05, 4.69) is 18.2 Å². The van der Waals surface area contributed by atoms with Crippen LogP contribution in [0.3, 0.4) is 0 Å². The summed E-state index contributed by atoms with van der Waals surface area (Å²) in [5.74, 6) is 0.617. The minimum atomic E-state index is -0.611. The van der Waals surface area contributed by atoms with Crippen molar-refractivity contribution in [3.05, 3.63) is 91.0 Å². The topological polar surface area (TPSA) is 31.2 Å². The van der Waals surface area contributed by atoms with E-state index in [-0.39, 0.29) is 5.91 Å². The molecule has 0 aliphatic rings. The van der Waals surface area contributed by atoms with Gasteiger partial charge in [0.1, 0.15) is 5.75 Å². The summed E-state index contributed by atoms with van der Waals surface area (Å²) in [6.45, 7) is 1.81. The van der Waals surface area contributed by atoms with Gasteiger partial charge < -0.3 is 4.74 Å². The summed E-state index contributed by atoms with van der Waals surface area (Å²) in [7, 11) is 0. The van der Waals surface area contributed by atoms with Crippen LogP contribution in [0.15, 0.2) is 91.0 Å². The highest BCUT2D eigenvalue weighted by molar-refractivity contribution is 6.13. The van der Waals surface area contributed by atoms with Gasteiger partial charge in [0.25, 0.3) is 5.91 Å². The Morgan fingerprint density at radius 3 is 2.00 bits per heavy atom. The third-order valence-corrected chi connectivity index (χ3v) is 5.18. The van der Waals surface area contributed by atoms with Gasteiger partial charge in [0, 0.05) is 10.8 Å². The van der Waals surface area contributed by atoms with Crippen molar-refractivity contribution in [1.82, 2.24) is 4.57 Å². The molecule has 0 aliphatic carbocycles. The monoisotopic (exact) mass is 365 g/mol. The zero-order chi connectivity index (χ0) is 19.1. The summed E-state index contributed by atoms with van der Waals surface area (Å²) in [5.41, 5.74) is 1.81. The first-order chi connectivity index (χ1) is 13.7. The molecule has 0 fully saturated rings. The fourth-order valence-electron chi connectivity index (χ4n) is 3.84. The summed E-state index contributed by atoms with van der Waals surface area (Å²) in [6, 6.07) is 30.0. The number of hydrogen-bond acceptors (Lipinski definition) is 2. The predicted octanol–water partition coefficient (Wildman–Crippen LogP) is 6.06. The molecule has 5 aromatic rings. The number of hydrogen-bond donors (Lipinski definition) is 0. The molecule has 28 heavy (non-hydrogen) atoms. The molecule has 136 valence electrons. The van der Waals surface area contributed by atoms with Gasteiger partial charge >= 0.3 is 0 Å². The summed E-state index contributed by atoms with van der Waals surface area (Å²) in [5, 5.41) is 4.39. The van der Waals surface area contributed by atoms with E-state index in [1.807, 2.05) is 72.8 Å². The highest BCUT2D eigenvalue weighted by Crippen LogP contribution is 2.29. The first-order valence-corrected chi connectivity index (χ1v) is 9.40. The highest BCUT2D eigenvalue weighted by atomic mass is 16.5. The number of ether oxygens (including phenoxy) is 1. The number of nitrogens with zero attached hydrogens (tertiary/aromatic N) is 1. The number of carbonyl (C=O) groups excluding carboxylic acids is 1. The number of benzene rings is 4. The van der Waals surface area contributed by atoms with Gasteiger partial charge in [-0.2, -0.15) is 0 Å². The van der Waals surface area contributed by atoms with E-state index in [4.69, 9.17) is 4.74 Å². The average Bonchev–Trinajstić information content (AvgIpc) is 3.07. The maximum absolute atomic E-state index is 13.3. The van der Waals surface area contributed by atoms with E-state index in [1.165, 1.54) is 0 Å². The van der Waals surface area contributed by atoms with Gasteiger partial charge in [0.05, 0.1) is 11.0 Å². The molecule has 3 heteroatoms. The molecule has 0 aliphatic heterocycles. The zero-order valence-electron chi connectivity index (χ0n) is 15.5. The van der Waals surface area contributed by atoms with Crippen molar-refractivity contribution in [2.75, 3.05) is 0 Å². The summed E-state index contributed by atoms with van der Waals surface area (Å²) >= 11 is 0. The van der Waals surface area contributed by atoms with E-state index in [0.29, 0.717) is 5.75 Å². The molecule has 0 saturated carbocycles. The summed E-state index contributed by atoms with van der Waals surface area (Å²) < 4.78 is 7.81. The molecule has 1 aromatic heterocycles. The Hall–Kier alpha value is -3.59. The Balaban J connectivity index is 1.54. The molecular formula is C25H19NO2. The minimum Gasteiger partial charge on any atom is -0.481 e. The second-order valence-electron chi connectivity index (χ2n) is 6.98. The maximum atomic E-state index is 13.3. The molecule has 1 heterocycles. The fraction of sp³-hybridized carbons (Fsp3) is 0.0800. The van der Waals surface area contributed by atoms with Crippen LogP contribution in [0.4, 0.5) is 0 Å². The Morgan fingerprint density at radius 1 is 0.750 bits per heavy atom. The molecule has 4 aromatic carbocycles. The standard InChI is InChI=1S/C25H19NO2/c1-17(28-20-15-14-18-8-2-3-9-19(18)16-20)25(27)26-23-12-6-4-10-21(23)22-11-5-7-13-24(22)26/h2-17H,1H3. The Morgan fingerprint density at radius 2 is 1.32 bits per heavy atom. The van der Waals surface area contributed by atoms with E-state index in [9.17, 15) is 4.79 Å². The molecule has 1 unspecified atom stereocenters. The molecule has 0 saturated heterocycles. The van der Waals surface area contributed by atoms with Crippen LogP contribution in [-0.2, 0) is 0 Å². The molecular weight excluding hydrogens is 346 g/mol. The maximum Gasteiger partial charge on any atom is 0.272 e. The van der Waals surface area contributed by atoms with Crippen LogP contribution in [0.25, 0.3) is 32.6 Å². The van der Waals surface area contributed by atoms with Crippen LogP contribution in [-0.4, -0.2) is 16.6 Å². The molecule has 0 bridgehead atoms. The third kappa shape index (κ3) is 2.64. The molecule has 0 radical (unpaired) electrons. The van der Waals surface area contributed by atoms with Crippen LogP contribution in [0.2, 0.25) is 0 Å². The predicted molar refractivity (Wildman–Crippen MR) is 114 cm³/mol. The van der Waals surface area contributed by atoms with E-state index in [0.717, 1.165) is 32.6 Å². The van der Waals surface area contributed by atoms with Crippen LogP contribution < -0.4 is 4.74 Å². The van der Waals surface area contributed by atoms with Gasteiger partial charge in [0.2, 0.25) is 0 Å². The van der Waals surface area contributed by atoms with E-state index >= 15 is 0 Å². The van der Waals surface area contributed by atoms with Crippen molar-refractivity contribution in [2.45, 2.75) is 13.0 Å². The number of carbonyl (C=O) groups is 1. The van der Waals surface area contributed by atoms with Crippen LogP contribution in [0.1, 0.15) is 11.7 Å². The number of aromatic nitrogens is 1. The molecule has 0 amide bonds. The molecule has 1 atom stereocenters. The van der Waals surface area contributed by atoms with Crippen molar-refractivity contribution in [3.63, 3.8) is 0 Å². The molecule has 3 nitrogen and oxygen atoms in total. The van der Waals surface area contributed by atoms with Gasteiger partial charge in [-0.05, 0) is 42.0 Å². The summed E-state index contributed by atoms with van der Waals surface area (Å²) in [6.07, 6.45) is -0.611. The lowest BCUT2D eigenvalue weighted by Crippen LogP contribution is -2.29. The number of fused-ring (bicyclic) bond motifs is 4. The Kier molecular flexibility index (Phi) is 3.87. The zero-order valence-corrected chi connectivity index (χ0v) is 15.5. The lowest BCUT2D eigenvalue weighted by Gasteiger charge is -2.16. The first kappa shape index (κ1) is 16.6. The Labute approximate surface area is 162 Å². The number of para-hydroxylation sites is 2. The second kappa shape index (κ2) is 6.54. The normalized spacial score (nSPS) is 12.5. The van der Waals surface area contributed by atoms with Gasteiger partial charge in [-0.1, -0.05) is 66.7 Å². The molecule has 0 spiro atoms.